The summed E-state index contributed by atoms with van der Waals surface area (Å²) in [4.78, 5) is 13.3. The molecule has 2 heterocycles. The molecule has 1 N–H and O–H groups in total. The summed E-state index contributed by atoms with van der Waals surface area (Å²) in [5.41, 5.74) is 1.05. The molecule has 2 aromatic heterocycles. The van der Waals surface area contributed by atoms with Gasteiger partial charge >= 0.3 is 0 Å². The van der Waals surface area contributed by atoms with Gasteiger partial charge in [0.15, 0.2) is 5.16 Å². The van der Waals surface area contributed by atoms with Gasteiger partial charge in [-0.3, -0.25) is 0 Å². The maximum Gasteiger partial charge on any atom is 0.192 e. The zero-order valence-corrected chi connectivity index (χ0v) is 12.5. The minimum Gasteiger partial charge on any atom is -0.370 e. The van der Waals surface area contributed by atoms with Gasteiger partial charge in [0.05, 0.1) is 0 Å². The summed E-state index contributed by atoms with van der Waals surface area (Å²) in [5, 5.41) is 9.10. The number of hydrogen-bond acceptors (Lipinski definition) is 6. The van der Waals surface area contributed by atoms with Crippen molar-refractivity contribution in [1.82, 2.24) is 24.7 Å². The molecule has 0 aliphatic heterocycles. The highest BCUT2D eigenvalue weighted by atomic mass is 32.2. The molecule has 102 valence electrons. The molecule has 0 saturated carbocycles. The van der Waals surface area contributed by atoms with Gasteiger partial charge in [0.1, 0.15) is 23.0 Å². The lowest BCUT2D eigenvalue weighted by Gasteiger charge is -2.11. The topological polar surface area (TPSA) is 68.5 Å². The molecular formula is C12H18N6S. The Morgan fingerprint density at radius 2 is 2.11 bits per heavy atom. The number of rotatable bonds is 5. The summed E-state index contributed by atoms with van der Waals surface area (Å²) in [5.74, 6) is 1.74. The molecule has 0 amide bonds. The molecule has 0 fully saturated rings. The van der Waals surface area contributed by atoms with E-state index in [1.807, 2.05) is 14.0 Å². The number of aryl methyl sites for hydroxylation is 2. The Kier molecular flexibility index (Phi) is 4.36. The van der Waals surface area contributed by atoms with Crippen LogP contribution in [-0.2, 0) is 13.5 Å². The Morgan fingerprint density at radius 1 is 1.32 bits per heavy atom. The number of nitrogens with zero attached hydrogens (tertiary/aromatic N) is 5. The summed E-state index contributed by atoms with van der Waals surface area (Å²) >= 11 is 1.52. The summed E-state index contributed by atoms with van der Waals surface area (Å²) in [6.45, 7) is 6.98. The smallest absolute Gasteiger partial charge is 0.192 e. The van der Waals surface area contributed by atoms with Gasteiger partial charge in [-0.15, -0.1) is 0 Å². The number of hydrogen-bond donors (Lipinski definition) is 1. The van der Waals surface area contributed by atoms with Crippen LogP contribution in [0, 0.1) is 6.92 Å². The lowest BCUT2D eigenvalue weighted by Crippen LogP contribution is -2.07. The fourth-order valence-electron chi connectivity index (χ4n) is 1.60. The Labute approximate surface area is 117 Å². The SMILES string of the molecule is CCNc1nc(CC)nc(Sc2ncnn2C)c1C. The molecule has 2 rings (SSSR count). The van der Waals surface area contributed by atoms with E-state index in [0.717, 1.165) is 40.4 Å². The second-order valence-corrected chi connectivity index (χ2v) is 5.03. The van der Waals surface area contributed by atoms with Crippen LogP contribution in [0.1, 0.15) is 25.2 Å². The van der Waals surface area contributed by atoms with Crippen LogP contribution in [0.15, 0.2) is 16.5 Å². The van der Waals surface area contributed by atoms with Crippen molar-refractivity contribution in [2.45, 2.75) is 37.4 Å². The van der Waals surface area contributed by atoms with Crippen molar-refractivity contribution in [3.63, 3.8) is 0 Å². The molecule has 0 radical (unpaired) electrons. The fourth-order valence-corrected chi connectivity index (χ4v) is 2.45. The second-order valence-electron chi connectivity index (χ2n) is 4.07. The van der Waals surface area contributed by atoms with Gasteiger partial charge in [0.2, 0.25) is 0 Å². The predicted molar refractivity (Wildman–Crippen MR) is 75.4 cm³/mol. The lowest BCUT2D eigenvalue weighted by atomic mass is 10.3. The monoisotopic (exact) mass is 278 g/mol. The van der Waals surface area contributed by atoms with Crippen LogP contribution in [0.2, 0.25) is 0 Å². The highest BCUT2D eigenvalue weighted by molar-refractivity contribution is 7.99. The third-order valence-electron chi connectivity index (χ3n) is 2.67. The van der Waals surface area contributed by atoms with Crippen LogP contribution in [0.3, 0.4) is 0 Å². The first-order valence-corrected chi connectivity index (χ1v) is 7.10. The first-order chi connectivity index (χ1) is 9.15. The molecule has 19 heavy (non-hydrogen) atoms. The largest absolute Gasteiger partial charge is 0.370 e. The molecule has 0 aliphatic rings. The first-order valence-electron chi connectivity index (χ1n) is 6.28. The van der Waals surface area contributed by atoms with Crippen LogP contribution in [0.4, 0.5) is 5.82 Å². The highest BCUT2D eigenvalue weighted by Crippen LogP contribution is 2.29. The van der Waals surface area contributed by atoms with Crippen LogP contribution >= 0.6 is 11.8 Å². The van der Waals surface area contributed by atoms with Gasteiger partial charge in [0, 0.05) is 25.6 Å². The van der Waals surface area contributed by atoms with E-state index < -0.39 is 0 Å². The maximum atomic E-state index is 4.58. The predicted octanol–water partition coefficient (Wildman–Crippen LogP) is 2.06. The van der Waals surface area contributed by atoms with E-state index in [-0.39, 0.29) is 0 Å². The molecule has 0 aromatic carbocycles. The van der Waals surface area contributed by atoms with Gasteiger partial charge in [-0.1, -0.05) is 6.92 Å². The molecule has 6 nitrogen and oxygen atoms in total. The Bertz CT molecular complexity index is 565. The average molecular weight is 278 g/mol. The standard InChI is InChI=1S/C12H18N6S/c1-5-9-16-10(13-6-2)8(3)11(17-9)19-12-14-7-15-18(12)4/h7H,5-6H2,1-4H3,(H,13,16,17). The summed E-state index contributed by atoms with van der Waals surface area (Å²) in [6.07, 6.45) is 2.36. The highest BCUT2D eigenvalue weighted by Gasteiger charge is 2.13. The van der Waals surface area contributed by atoms with E-state index in [1.54, 1.807) is 11.0 Å². The molecule has 0 aliphatic carbocycles. The number of aromatic nitrogens is 5. The third-order valence-corrected chi connectivity index (χ3v) is 3.81. The zero-order chi connectivity index (χ0) is 13.8. The van der Waals surface area contributed by atoms with Crippen molar-refractivity contribution in [2.24, 2.45) is 7.05 Å². The van der Waals surface area contributed by atoms with Gasteiger partial charge in [-0.05, 0) is 25.6 Å². The molecule has 0 atom stereocenters. The quantitative estimate of drug-likeness (QED) is 0.844. The summed E-state index contributed by atoms with van der Waals surface area (Å²) in [7, 11) is 1.87. The van der Waals surface area contributed by atoms with E-state index in [0.29, 0.717) is 0 Å². The average Bonchev–Trinajstić information content (AvgIpc) is 2.80. The Hall–Kier alpha value is -1.63. The van der Waals surface area contributed by atoms with E-state index in [2.05, 4.69) is 39.2 Å². The minimum atomic E-state index is 0.811. The molecule has 0 saturated heterocycles. The van der Waals surface area contributed by atoms with Crippen molar-refractivity contribution in [3.05, 3.63) is 17.7 Å². The Morgan fingerprint density at radius 3 is 2.68 bits per heavy atom. The second kappa shape index (κ2) is 6.01. The number of anilines is 1. The van der Waals surface area contributed by atoms with Crippen LogP contribution in [0.5, 0.6) is 0 Å². The van der Waals surface area contributed by atoms with Gasteiger partial charge in [-0.25, -0.2) is 19.6 Å². The van der Waals surface area contributed by atoms with Crippen LogP contribution in [0.25, 0.3) is 0 Å². The minimum absolute atomic E-state index is 0.811. The first kappa shape index (κ1) is 13.8. The van der Waals surface area contributed by atoms with E-state index >= 15 is 0 Å². The van der Waals surface area contributed by atoms with Crippen molar-refractivity contribution in [2.75, 3.05) is 11.9 Å². The van der Waals surface area contributed by atoms with Crippen LogP contribution in [-0.4, -0.2) is 31.3 Å². The molecule has 2 aromatic rings. The lowest BCUT2D eigenvalue weighted by molar-refractivity contribution is 0.684. The summed E-state index contributed by atoms with van der Waals surface area (Å²) < 4.78 is 1.74. The summed E-state index contributed by atoms with van der Waals surface area (Å²) in [6, 6.07) is 0. The molecule has 0 bridgehead atoms. The van der Waals surface area contributed by atoms with Crippen molar-refractivity contribution in [3.8, 4) is 0 Å². The van der Waals surface area contributed by atoms with Crippen molar-refractivity contribution >= 4 is 17.6 Å². The maximum absolute atomic E-state index is 4.58. The number of nitrogens with one attached hydrogen (secondary N) is 1. The van der Waals surface area contributed by atoms with Gasteiger partial charge in [-0.2, -0.15) is 5.10 Å². The molecule has 7 heteroatoms. The van der Waals surface area contributed by atoms with Crippen molar-refractivity contribution < 1.29 is 0 Å². The zero-order valence-electron chi connectivity index (χ0n) is 11.6. The van der Waals surface area contributed by atoms with E-state index in [9.17, 15) is 0 Å². The van der Waals surface area contributed by atoms with E-state index in [1.165, 1.54) is 11.8 Å². The molecule has 0 unspecified atom stereocenters. The van der Waals surface area contributed by atoms with Crippen LogP contribution < -0.4 is 5.32 Å². The third kappa shape index (κ3) is 3.04. The van der Waals surface area contributed by atoms with E-state index in [4.69, 9.17) is 0 Å². The van der Waals surface area contributed by atoms with Gasteiger partial charge in [0.25, 0.3) is 0 Å². The normalized spacial score (nSPS) is 10.7. The molecule has 0 spiro atoms. The fraction of sp³-hybridized carbons (Fsp3) is 0.500. The van der Waals surface area contributed by atoms with Gasteiger partial charge < -0.3 is 5.32 Å². The molecular weight excluding hydrogens is 260 g/mol. The van der Waals surface area contributed by atoms with Crippen molar-refractivity contribution in [1.29, 1.82) is 0 Å². The Balaban J connectivity index is 2.38.